The normalized spacial score (nSPS) is 17.2. The zero-order valence-corrected chi connectivity index (χ0v) is 17.3. The molecule has 1 N–H and O–H groups in total. The molecule has 1 unspecified atom stereocenters. The van der Waals surface area contributed by atoms with Gasteiger partial charge in [-0.3, -0.25) is 0 Å². The number of thioether (sulfide) groups is 1. The third-order valence-corrected chi connectivity index (χ3v) is 6.44. The molecule has 0 spiro atoms. The summed E-state index contributed by atoms with van der Waals surface area (Å²) in [5.74, 6) is 2.34. The van der Waals surface area contributed by atoms with E-state index in [1.165, 1.54) is 44.8 Å². The van der Waals surface area contributed by atoms with E-state index in [0.29, 0.717) is 6.04 Å². The van der Waals surface area contributed by atoms with E-state index >= 15 is 0 Å². The Morgan fingerprint density at radius 2 is 1.63 bits per heavy atom. The van der Waals surface area contributed by atoms with Crippen molar-refractivity contribution >= 4 is 11.8 Å². The van der Waals surface area contributed by atoms with Crippen molar-refractivity contribution in [3.8, 4) is 11.1 Å². The summed E-state index contributed by atoms with van der Waals surface area (Å²) < 4.78 is 2.47. The monoisotopic (exact) mass is 376 g/mol. The van der Waals surface area contributed by atoms with Crippen molar-refractivity contribution in [2.24, 2.45) is 0 Å². The number of rotatable bonds is 4. The van der Waals surface area contributed by atoms with Gasteiger partial charge in [-0.1, -0.05) is 59.7 Å². The lowest BCUT2D eigenvalue weighted by molar-refractivity contribution is 0.553. The third-order valence-electron chi connectivity index (χ3n) is 5.37. The molecule has 0 saturated carbocycles. The van der Waals surface area contributed by atoms with Gasteiger partial charge in [-0.05, 0) is 37.5 Å². The molecule has 1 atom stereocenters. The maximum absolute atomic E-state index is 3.76. The van der Waals surface area contributed by atoms with Crippen molar-refractivity contribution < 1.29 is 0 Å². The van der Waals surface area contributed by atoms with Crippen LogP contribution in [0.2, 0.25) is 0 Å². The van der Waals surface area contributed by atoms with Crippen LogP contribution in [0.4, 0.5) is 0 Å². The first-order chi connectivity index (χ1) is 13.1. The van der Waals surface area contributed by atoms with Gasteiger partial charge in [0.15, 0.2) is 0 Å². The molecule has 0 aliphatic carbocycles. The number of nitrogens with one attached hydrogen (secondary N) is 1. The summed E-state index contributed by atoms with van der Waals surface area (Å²) in [5, 5.41) is 3.76. The number of hydrogen-bond acceptors (Lipinski definition) is 2. The molecule has 1 aliphatic rings. The molecule has 27 heavy (non-hydrogen) atoms. The number of aromatic nitrogens is 1. The van der Waals surface area contributed by atoms with Crippen molar-refractivity contribution in [1.82, 2.24) is 9.88 Å². The SMILES string of the molecule is Cc1ccc(Cn2cc(C)c(-c3ccc(C)cc3)c2C2CSCCN2)cc1. The first-order valence-electron chi connectivity index (χ1n) is 9.75. The fourth-order valence-electron chi connectivity index (χ4n) is 3.95. The van der Waals surface area contributed by atoms with Crippen molar-refractivity contribution in [2.45, 2.75) is 33.4 Å². The van der Waals surface area contributed by atoms with Crippen LogP contribution in [0.15, 0.2) is 54.7 Å². The van der Waals surface area contributed by atoms with E-state index in [1.54, 1.807) is 0 Å². The Labute approximate surface area is 167 Å². The van der Waals surface area contributed by atoms with E-state index in [2.05, 4.69) is 97.1 Å². The summed E-state index contributed by atoms with van der Waals surface area (Å²) >= 11 is 2.05. The Morgan fingerprint density at radius 1 is 0.963 bits per heavy atom. The van der Waals surface area contributed by atoms with E-state index < -0.39 is 0 Å². The lowest BCUT2D eigenvalue weighted by Gasteiger charge is -2.26. The van der Waals surface area contributed by atoms with Crippen LogP contribution in [0, 0.1) is 20.8 Å². The molecule has 2 heterocycles. The van der Waals surface area contributed by atoms with Crippen molar-refractivity contribution in [1.29, 1.82) is 0 Å². The van der Waals surface area contributed by atoms with Crippen LogP contribution >= 0.6 is 11.8 Å². The molecule has 0 amide bonds. The number of benzene rings is 2. The second kappa shape index (κ2) is 7.95. The summed E-state index contributed by atoms with van der Waals surface area (Å²) in [7, 11) is 0. The average molecular weight is 377 g/mol. The maximum atomic E-state index is 3.76. The molecule has 1 fully saturated rings. The zero-order valence-electron chi connectivity index (χ0n) is 16.5. The minimum absolute atomic E-state index is 0.402. The molecule has 140 valence electrons. The van der Waals surface area contributed by atoms with E-state index in [1.807, 2.05) is 0 Å². The standard InChI is InChI=1S/C24H28N2S/c1-17-4-8-20(9-5-17)15-26-14-19(3)23(21-10-6-18(2)7-11-21)24(26)22-16-27-13-12-25-22/h4-11,14,22,25H,12-13,15-16H2,1-3H3. The molecule has 1 aliphatic heterocycles. The minimum Gasteiger partial charge on any atom is -0.345 e. The molecule has 3 heteroatoms. The highest BCUT2D eigenvalue weighted by atomic mass is 32.2. The first-order valence-corrected chi connectivity index (χ1v) is 10.9. The molecule has 0 bridgehead atoms. The Kier molecular flexibility index (Phi) is 5.42. The maximum Gasteiger partial charge on any atom is 0.0573 e. The highest BCUT2D eigenvalue weighted by molar-refractivity contribution is 7.99. The van der Waals surface area contributed by atoms with Crippen molar-refractivity contribution in [2.75, 3.05) is 18.1 Å². The zero-order chi connectivity index (χ0) is 18.8. The van der Waals surface area contributed by atoms with E-state index in [9.17, 15) is 0 Å². The summed E-state index contributed by atoms with van der Waals surface area (Å²) in [6.45, 7) is 8.55. The van der Waals surface area contributed by atoms with Gasteiger partial charge >= 0.3 is 0 Å². The minimum atomic E-state index is 0.402. The van der Waals surface area contributed by atoms with Gasteiger partial charge in [0.2, 0.25) is 0 Å². The molecule has 2 aromatic carbocycles. The predicted octanol–water partition coefficient (Wildman–Crippen LogP) is 5.51. The number of hydrogen-bond donors (Lipinski definition) is 1. The summed E-state index contributed by atoms with van der Waals surface area (Å²) in [6.07, 6.45) is 2.34. The van der Waals surface area contributed by atoms with Crippen LogP contribution in [0.3, 0.4) is 0 Å². The molecule has 1 aromatic heterocycles. The van der Waals surface area contributed by atoms with E-state index in [0.717, 1.165) is 18.8 Å². The smallest absolute Gasteiger partial charge is 0.0573 e. The van der Waals surface area contributed by atoms with Gasteiger partial charge in [-0.15, -0.1) is 0 Å². The molecular weight excluding hydrogens is 348 g/mol. The Morgan fingerprint density at radius 3 is 2.26 bits per heavy atom. The van der Waals surface area contributed by atoms with Gasteiger partial charge in [0, 0.05) is 42.0 Å². The fraction of sp³-hybridized carbons (Fsp3) is 0.333. The summed E-state index contributed by atoms with van der Waals surface area (Å²) in [4.78, 5) is 0. The van der Waals surface area contributed by atoms with Crippen molar-refractivity contribution in [3.63, 3.8) is 0 Å². The molecular formula is C24H28N2S. The highest BCUT2D eigenvalue weighted by Crippen LogP contribution is 2.36. The number of nitrogens with zero attached hydrogens (tertiary/aromatic N) is 1. The Balaban J connectivity index is 1.79. The second-order valence-electron chi connectivity index (χ2n) is 7.63. The quantitative estimate of drug-likeness (QED) is 0.647. The van der Waals surface area contributed by atoms with Crippen molar-refractivity contribution in [3.05, 3.63) is 82.7 Å². The molecule has 3 aromatic rings. The Hall–Kier alpha value is -1.97. The fourth-order valence-corrected chi connectivity index (χ4v) is 4.89. The molecule has 1 saturated heterocycles. The Bertz CT molecular complexity index is 901. The van der Waals surface area contributed by atoms with Crippen LogP contribution in [-0.2, 0) is 6.54 Å². The highest BCUT2D eigenvalue weighted by Gasteiger charge is 2.24. The van der Waals surface area contributed by atoms with Crippen LogP contribution in [0.5, 0.6) is 0 Å². The summed E-state index contributed by atoms with van der Waals surface area (Å²) in [5.41, 5.74) is 9.50. The van der Waals surface area contributed by atoms with Gasteiger partial charge in [0.25, 0.3) is 0 Å². The molecule has 2 nitrogen and oxygen atoms in total. The van der Waals surface area contributed by atoms with E-state index in [-0.39, 0.29) is 0 Å². The van der Waals surface area contributed by atoms with E-state index in [4.69, 9.17) is 0 Å². The summed E-state index contributed by atoms with van der Waals surface area (Å²) in [6, 6.07) is 18.3. The molecule has 4 rings (SSSR count). The van der Waals surface area contributed by atoms with Crippen LogP contribution in [0.25, 0.3) is 11.1 Å². The van der Waals surface area contributed by atoms with Gasteiger partial charge in [0.1, 0.15) is 0 Å². The van der Waals surface area contributed by atoms with Gasteiger partial charge in [-0.25, -0.2) is 0 Å². The van der Waals surface area contributed by atoms with Crippen LogP contribution < -0.4 is 5.32 Å². The van der Waals surface area contributed by atoms with Gasteiger partial charge < -0.3 is 9.88 Å². The van der Waals surface area contributed by atoms with Crippen LogP contribution in [-0.4, -0.2) is 22.6 Å². The van der Waals surface area contributed by atoms with Crippen LogP contribution in [0.1, 0.15) is 34.0 Å². The first kappa shape index (κ1) is 18.4. The van der Waals surface area contributed by atoms with Gasteiger partial charge in [-0.2, -0.15) is 11.8 Å². The van der Waals surface area contributed by atoms with Gasteiger partial charge in [0.05, 0.1) is 6.04 Å². The average Bonchev–Trinajstić information content (AvgIpc) is 3.01. The number of aryl methyl sites for hydroxylation is 3. The third kappa shape index (κ3) is 3.99. The largest absolute Gasteiger partial charge is 0.345 e. The predicted molar refractivity (Wildman–Crippen MR) is 118 cm³/mol. The lowest BCUT2D eigenvalue weighted by atomic mass is 9.98. The molecule has 0 radical (unpaired) electrons. The second-order valence-corrected chi connectivity index (χ2v) is 8.78. The topological polar surface area (TPSA) is 17.0 Å². The lowest BCUT2D eigenvalue weighted by Crippen LogP contribution is -2.32.